The molecule has 0 aliphatic heterocycles. The standard InChI is InChI=1S/C12H10N4O4/c17-12(18)11-9(16(19)20)6-15(14-11)10-5-4-7-2-1-3-8(7)13-10/h4-6H,1-3H2,(H,17,18). The number of nitrogens with zero attached hydrogens (tertiary/aromatic N) is 4. The molecular formula is C12H10N4O4. The van der Waals surface area contributed by atoms with E-state index in [1.54, 1.807) is 6.07 Å². The summed E-state index contributed by atoms with van der Waals surface area (Å²) in [7, 11) is 0. The van der Waals surface area contributed by atoms with E-state index in [9.17, 15) is 14.9 Å². The van der Waals surface area contributed by atoms with Crippen molar-refractivity contribution in [1.82, 2.24) is 14.8 Å². The molecule has 2 aromatic rings. The van der Waals surface area contributed by atoms with Gasteiger partial charge in [0, 0.05) is 5.69 Å². The van der Waals surface area contributed by atoms with Gasteiger partial charge in [0.25, 0.3) is 0 Å². The van der Waals surface area contributed by atoms with Crippen molar-refractivity contribution >= 4 is 11.7 Å². The summed E-state index contributed by atoms with van der Waals surface area (Å²) in [5, 5.41) is 23.5. The summed E-state index contributed by atoms with van der Waals surface area (Å²) in [6, 6.07) is 3.59. The van der Waals surface area contributed by atoms with E-state index in [0.717, 1.165) is 41.4 Å². The van der Waals surface area contributed by atoms with Crippen molar-refractivity contribution in [2.45, 2.75) is 19.3 Å². The second kappa shape index (κ2) is 4.41. The Labute approximate surface area is 112 Å². The zero-order chi connectivity index (χ0) is 14.3. The Bertz CT molecular complexity index is 691. The number of aromatic carboxylic acids is 1. The molecule has 0 atom stereocenters. The average Bonchev–Trinajstić information content (AvgIpc) is 3.04. The molecule has 20 heavy (non-hydrogen) atoms. The van der Waals surface area contributed by atoms with Gasteiger partial charge in [-0.2, -0.15) is 5.10 Å². The minimum Gasteiger partial charge on any atom is -0.476 e. The molecule has 2 aromatic heterocycles. The molecular weight excluding hydrogens is 264 g/mol. The van der Waals surface area contributed by atoms with Crippen molar-refractivity contribution < 1.29 is 14.8 Å². The molecule has 0 fully saturated rings. The number of nitro groups is 1. The van der Waals surface area contributed by atoms with Crippen LogP contribution in [0.4, 0.5) is 5.69 Å². The van der Waals surface area contributed by atoms with Crippen LogP contribution in [-0.4, -0.2) is 30.8 Å². The molecule has 0 unspecified atom stereocenters. The summed E-state index contributed by atoms with van der Waals surface area (Å²) < 4.78 is 1.14. The number of hydrogen-bond acceptors (Lipinski definition) is 5. The molecule has 2 heterocycles. The number of fused-ring (bicyclic) bond motifs is 1. The summed E-state index contributed by atoms with van der Waals surface area (Å²) in [4.78, 5) is 25.4. The van der Waals surface area contributed by atoms with Gasteiger partial charge in [-0.1, -0.05) is 6.07 Å². The highest BCUT2D eigenvalue weighted by Crippen LogP contribution is 2.23. The van der Waals surface area contributed by atoms with Crippen molar-refractivity contribution in [2.75, 3.05) is 0 Å². The zero-order valence-electron chi connectivity index (χ0n) is 10.3. The van der Waals surface area contributed by atoms with Crippen LogP contribution in [0.1, 0.15) is 28.2 Å². The fraction of sp³-hybridized carbons (Fsp3) is 0.250. The fourth-order valence-corrected chi connectivity index (χ4v) is 2.30. The lowest BCUT2D eigenvalue weighted by Gasteiger charge is -2.02. The second-order valence-electron chi connectivity index (χ2n) is 4.50. The summed E-state index contributed by atoms with van der Waals surface area (Å²) >= 11 is 0. The molecule has 0 bridgehead atoms. The number of aryl methyl sites for hydroxylation is 2. The predicted octanol–water partition coefficient (Wildman–Crippen LogP) is 1.36. The molecule has 8 nitrogen and oxygen atoms in total. The molecule has 0 spiro atoms. The van der Waals surface area contributed by atoms with Crippen LogP contribution < -0.4 is 0 Å². The van der Waals surface area contributed by atoms with Gasteiger partial charge in [-0.25, -0.2) is 14.5 Å². The van der Waals surface area contributed by atoms with Gasteiger partial charge < -0.3 is 5.11 Å². The Morgan fingerprint density at radius 3 is 2.85 bits per heavy atom. The van der Waals surface area contributed by atoms with Gasteiger partial charge in [0.2, 0.25) is 5.69 Å². The summed E-state index contributed by atoms with van der Waals surface area (Å²) in [6.45, 7) is 0. The van der Waals surface area contributed by atoms with Gasteiger partial charge in [-0.05, 0) is 30.9 Å². The van der Waals surface area contributed by atoms with Gasteiger partial charge in [0.1, 0.15) is 6.20 Å². The highest BCUT2D eigenvalue weighted by atomic mass is 16.6. The highest BCUT2D eigenvalue weighted by Gasteiger charge is 2.26. The lowest BCUT2D eigenvalue weighted by Crippen LogP contribution is -2.04. The van der Waals surface area contributed by atoms with Crippen LogP contribution in [0.3, 0.4) is 0 Å². The fourth-order valence-electron chi connectivity index (χ4n) is 2.30. The van der Waals surface area contributed by atoms with Crippen LogP contribution in [0.25, 0.3) is 5.82 Å². The van der Waals surface area contributed by atoms with Crippen molar-refractivity contribution in [3.05, 3.63) is 45.4 Å². The van der Waals surface area contributed by atoms with Crippen LogP contribution in [-0.2, 0) is 12.8 Å². The molecule has 0 saturated heterocycles. The quantitative estimate of drug-likeness (QED) is 0.668. The minimum absolute atomic E-state index is 0.390. The Hall–Kier alpha value is -2.77. The lowest BCUT2D eigenvalue weighted by molar-refractivity contribution is -0.385. The van der Waals surface area contributed by atoms with Gasteiger partial charge in [-0.15, -0.1) is 0 Å². The third kappa shape index (κ3) is 1.91. The molecule has 1 N–H and O–H groups in total. The SMILES string of the molecule is O=C(O)c1nn(-c2ccc3c(n2)CCC3)cc1[N+](=O)[O-]. The smallest absolute Gasteiger partial charge is 0.363 e. The monoisotopic (exact) mass is 274 g/mol. The van der Waals surface area contributed by atoms with E-state index in [1.807, 2.05) is 6.07 Å². The summed E-state index contributed by atoms with van der Waals surface area (Å²) in [5.74, 6) is -1.04. The van der Waals surface area contributed by atoms with E-state index in [1.165, 1.54) is 0 Å². The number of carboxylic acid groups (broad SMARTS) is 1. The number of pyridine rings is 1. The maximum absolute atomic E-state index is 11.0. The maximum Gasteiger partial charge on any atom is 0.363 e. The first-order valence-electron chi connectivity index (χ1n) is 6.03. The normalized spacial score (nSPS) is 13.2. The summed E-state index contributed by atoms with van der Waals surface area (Å²) in [5.41, 5.74) is 0.975. The van der Waals surface area contributed by atoms with Crippen molar-refractivity contribution in [2.24, 2.45) is 0 Å². The Morgan fingerprint density at radius 2 is 2.20 bits per heavy atom. The van der Waals surface area contributed by atoms with Gasteiger partial charge in [-0.3, -0.25) is 10.1 Å². The van der Waals surface area contributed by atoms with Gasteiger partial charge in [0.15, 0.2) is 5.82 Å². The van der Waals surface area contributed by atoms with Crippen LogP contribution in [0, 0.1) is 10.1 Å². The largest absolute Gasteiger partial charge is 0.476 e. The number of hydrogen-bond donors (Lipinski definition) is 1. The molecule has 102 valence electrons. The number of carbonyl (C=O) groups is 1. The van der Waals surface area contributed by atoms with Crippen LogP contribution in [0.15, 0.2) is 18.3 Å². The van der Waals surface area contributed by atoms with Crippen molar-refractivity contribution in [3.8, 4) is 5.82 Å². The van der Waals surface area contributed by atoms with E-state index < -0.39 is 22.3 Å². The average molecular weight is 274 g/mol. The Balaban J connectivity index is 2.08. The lowest BCUT2D eigenvalue weighted by atomic mass is 10.2. The molecule has 0 radical (unpaired) electrons. The van der Waals surface area contributed by atoms with Gasteiger partial charge >= 0.3 is 11.7 Å². The van der Waals surface area contributed by atoms with Crippen LogP contribution >= 0.6 is 0 Å². The molecule has 0 saturated carbocycles. The maximum atomic E-state index is 11.0. The highest BCUT2D eigenvalue weighted by molar-refractivity contribution is 5.89. The Morgan fingerprint density at radius 1 is 1.40 bits per heavy atom. The molecule has 8 heteroatoms. The molecule has 1 aliphatic carbocycles. The molecule has 0 aromatic carbocycles. The number of rotatable bonds is 3. The predicted molar refractivity (Wildman–Crippen MR) is 67.0 cm³/mol. The van der Waals surface area contributed by atoms with Crippen molar-refractivity contribution in [1.29, 1.82) is 0 Å². The third-order valence-electron chi connectivity index (χ3n) is 3.24. The topological polar surface area (TPSA) is 111 Å². The first-order valence-corrected chi connectivity index (χ1v) is 6.03. The summed E-state index contributed by atoms with van der Waals surface area (Å²) in [6.07, 6.45) is 3.94. The van der Waals surface area contributed by atoms with E-state index in [2.05, 4.69) is 10.1 Å². The molecule has 3 rings (SSSR count). The van der Waals surface area contributed by atoms with E-state index in [0.29, 0.717) is 5.82 Å². The molecule has 1 aliphatic rings. The van der Waals surface area contributed by atoms with E-state index in [4.69, 9.17) is 5.11 Å². The minimum atomic E-state index is -1.43. The molecule has 0 amide bonds. The zero-order valence-corrected chi connectivity index (χ0v) is 10.3. The second-order valence-corrected chi connectivity index (χ2v) is 4.50. The van der Waals surface area contributed by atoms with Gasteiger partial charge in [0.05, 0.1) is 4.92 Å². The Kier molecular flexibility index (Phi) is 2.70. The number of aromatic nitrogens is 3. The third-order valence-corrected chi connectivity index (χ3v) is 3.24. The van der Waals surface area contributed by atoms with Crippen LogP contribution in [0.2, 0.25) is 0 Å². The first-order chi connectivity index (χ1) is 9.56. The van der Waals surface area contributed by atoms with E-state index >= 15 is 0 Å². The first kappa shape index (κ1) is 12.3. The van der Waals surface area contributed by atoms with Crippen LogP contribution in [0.5, 0.6) is 0 Å². The van der Waals surface area contributed by atoms with Crippen molar-refractivity contribution in [3.63, 3.8) is 0 Å². The van der Waals surface area contributed by atoms with E-state index in [-0.39, 0.29) is 0 Å². The number of carboxylic acids is 1.